The first-order valence-electron chi connectivity index (χ1n) is 8.50. The van der Waals surface area contributed by atoms with E-state index in [0.717, 1.165) is 25.7 Å². The third-order valence-electron chi connectivity index (χ3n) is 3.82. The van der Waals surface area contributed by atoms with E-state index in [4.69, 9.17) is 0 Å². The van der Waals surface area contributed by atoms with Crippen LogP contribution in [0.25, 0.3) is 0 Å². The fourth-order valence-electron chi connectivity index (χ4n) is 2.42. The lowest BCUT2D eigenvalue weighted by Gasteiger charge is -2.16. The second-order valence-corrected chi connectivity index (χ2v) is 5.69. The van der Waals surface area contributed by atoms with Gasteiger partial charge < -0.3 is 10.1 Å². The molecule has 0 rings (SSSR count). The number of rotatable bonds is 13. The molecule has 0 atom stereocenters. The zero-order valence-electron chi connectivity index (χ0n) is 14.1. The predicted molar refractivity (Wildman–Crippen MR) is 86.0 cm³/mol. The second-order valence-electron chi connectivity index (χ2n) is 5.69. The zero-order chi connectivity index (χ0) is 15.9. The molecule has 0 aromatic rings. The summed E-state index contributed by atoms with van der Waals surface area (Å²) in [6.07, 6.45) is 11.3. The van der Waals surface area contributed by atoms with Gasteiger partial charge in [-0.2, -0.15) is 0 Å². The van der Waals surface area contributed by atoms with Crippen molar-refractivity contribution in [1.82, 2.24) is 5.32 Å². The average Bonchev–Trinajstić information content (AvgIpc) is 2.50. The molecule has 124 valence electrons. The number of amides is 1. The molecular formula is C17H33NO3. The van der Waals surface area contributed by atoms with Crippen molar-refractivity contribution >= 4 is 11.9 Å². The molecule has 0 aromatic heterocycles. The van der Waals surface area contributed by atoms with Gasteiger partial charge in [-0.05, 0) is 12.8 Å². The molecule has 21 heavy (non-hydrogen) atoms. The van der Waals surface area contributed by atoms with Crippen LogP contribution in [-0.4, -0.2) is 25.5 Å². The summed E-state index contributed by atoms with van der Waals surface area (Å²) in [7, 11) is 1.33. The van der Waals surface area contributed by atoms with Crippen LogP contribution in [0.2, 0.25) is 0 Å². The lowest BCUT2D eigenvalue weighted by Crippen LogP contribution is -2.35. The minimum Gasteiger partial charge on any atom is -0.468 e. The van der Waals surface area contributed by atoms with Crippen molar-refractivity contribution in [3.8, 4) is 0 Å². The summed E-state index contributed by atoms with van der Waals surface area (Å²) in [5.41, 5.74) is 0. The topological polar surface area (TPSA) is 55.4 Å². The molecule has 0 radical (unpaired) electrons. The van der Waals surface area contributed by atoms with E-state index in [1.807, 2.05) is 0 Å². The Morgan fingerprint density at radius 1 is 0.905 bits per heavy atom. The molecule has 0 saturated carbocycles. The van der Waals surface area contributed by atoms with E-state index in [1.54, 1.807) is 0 Å². The van der Waals surface area contributed by atoms with Gasteiger partial charge in [0.05, 0.1) is 7.11 Å². The highest BCUT2D eigenvalue weighted by molar-refractivity contribution is 5.83. The minimum atomic E-state index is -0.390. The summed E-state index contributed by atoms with van der Waals surface area (Å²) in [6.45, 7) is 4.35. The minimum absolute atomic E-state index is 0.00777. The third-order valence-corrected chi connectivity index (χ3v) is 3.82. The van der Waals surface area contributed by atoms with E-state index < -0.39 is 0 Å². The number of carbonyl (C=O) groups excluding carboxylic acids is 2. The fourth-order valence-corrected chi connectivity index (χ4v) is 2.42. The normalized spacial score (nSPS) is 10.7. The SMILES string of the molecule is CCCCCCC(CCCCCC)C(=O)NCC(=O)OC. The Morgan fingerprint density at radius 2 is 1.43 bits per heavy atom. The van der Waals surface area contributed by atoms with Crippen LogP contribution in [0.1, 0.15) is 78.1 Å². The summed E-state index contributed by atoms with van der Waals surface area (Å²) in [5.74, 6) is -0.337. The predicted octanol–water partition coefficient (Wildman–Crippen LogP) is 3.83. The van der Waals surface area contributed by atoms with E-state index in [-0.39, 0.29) is 24.3 Å². The summed E-state index contributed by atoms with van der Waals surface area (Å²) in [4.78, 5) is 23.3. The number of carbonyl (C=O) groups is 2. The number of esters is 1. The van der Waals surface area contributed by atoms with Gasteiger partial charge in [0.1, 0.15) is 6.54 Å². The van der Waals surface area contributed by atoms with E-state index >= 15 is 0 Å². The van der Waals surface area contributed by atoms with Crippen molar-refractivity contribution in [3.05, 3.63) is 0 Å². The Bertz CT molecular complexity index is 267. The van der Waals surface area contributed by atoms with E-state index in [2.05, 4.69) is 23.9 Å². The lowest BCUT2D eigenvalue weighted by molar-refractivity contribution is -0.141. The van der Waals surface area contributed by atoms with Gasteiger partial charge in [-0.1, -0.05) is 65.2 Å². The van der Waals surface area contributed by atoms with Crippen molar-refractivity contribution in [3.63, 3.8) is 0 Å². The molecule has 0 heterocycles. The maximum atomic E-state index is 12.2. The summed E-state index contributed by atoms with van der Waals surface area (Å²) in [6, 6.07) is 0. The Labute approximate surface area is 130 Å². The van der Waals surface area contributed by atoms with Crippen molar-refractivity contribution in [2.24, 2.45) is 5.92 Å². The van der Waals surface area contributed by atoms with Crippen LogP contribution in [-0.2, 0) is 14.3 Å². The second kappa shape index (κ2) is 13.9. The number of ether oxygens (including phenoxy) is 1. The molecule has 0 aromatic carbocycles. The van der Waals surface area contributed by atoms with Crippen LogP contribution in [0.4, 0.5) is 0 Å². The fraction of sp³-hybridized carbons (Fsp3) is 0.882. The number of nitrogens with one attached hydrogen (secondary N) is 1. The van der Waals surface area contributed by atoms with Crippen LogP contribution in [0, 0.1) is 5.92 Å². The van der Waals surface area contributed by atoms with E-state index in [0.29, 0.717) is 0 Å². The van der Waals surface area contributed by atoms with Crippen molar-refractivity contribution in [2.45, 2.75) is 78.1 Å². The number of unbranched alkanes of at least 4 members (excludes halogenated alkanes) is 6. The number of hydrogen-bond acceptors (Lipinski definition) is 3. The highest BCUT2D eigenvalue weighted by Crippen LogP contribution is 2.18. The monoisotopic (exact) mass is 299 g/mol. The van der Waals surface area contributed by atoms with Crippen molar-refractivity contribution < 1.29 is 14.3 Å². The van der Waals surface area contributed by atoms with E-state index in [1.165, 1.54) is 45.6 Å². The first-order chi connectivity index (χ1) is 10.2. The largest absolute Gasteiger partial charge is 0.468 e. The molecule has 0 aliphatic carbocycles. The van der Waals surface area contributed by atoms with Crippen molar-refractivity contribution in [2.75, 3.05) is 13.7 Å². The maximum Gasteiger partial charge on any atom is 0.325 e. The Morgan fingerprint density at radius 3 is 1.86 bits per heavy atom. The molecule has 0 aliphatic rings. The van der Waals surface area contributed by atoms with E-state index in [9.17, 15) is 9.59 Å². The van der Waals surface area contributed by atoms with Gasteiger partial charge in [0.15, 0.2) is 0 Å². The van der Waals surface area contributed by atoms with Gasteiger partial charge in [0.25, 0.3) is 0 Å². The molecule has 0 saturated heterocycles. The molecule has 1 N–H and O–H groups in total. The smallest absolute Gasteiger partial charge is 0.325 e. The first kappa shape index (κ1) is 19.9. The number of methoxy groups -OCH3 is 1. The van der Waals surface area contributed by atoms with Gasteiger partial charge in [0, 0.05) is 5.92 Å². The molecular weight excluding hydrogens is 266 g/mol. The molecule has 0 fully saturated rings. The molecule has 4 nitrogen and oxygen atoms in total. The maximum absolute atomic E-state index is 12.2. The van der Waals surface area contributed by atoms with Gasteiger partial charge in [-0.25, -0.2) is 0 Å². The molecule has 0 unspecified atom stereocenters. The molecule has 1 amide bonds. The van der Waals surface area contributed by atoms with Gasteiger partial charge in [-0.3, -0.25) is 9.59 Å². The molecule has 4 heteroatoms. The van der Waals surface area contributed by atoms with Gasteiger partial charge in [0.2, 0.25) is 5.91 Å². The number of hydrogen-bond donors (Lipinski definition) is 1. The van der Waals surface area contributed by atoms with Crippen LogP contribution in [0.3, 0.4) is 0 Å². The Balaban J connectivity index is 4.13. The van der Waals surface area contributed by atoms with Crippen LogP contribution >= 0.6 is 0 Å². The standard InChI is InChI=1S/C17H33NO3/c1-4-6-8-10-12-15(13-11-9-7-5-2)17(20)18-14-16(19)21-3/h15H,4-14H2,1-3H3,(H,18,20). The van der Waals surface area contributed by atoms with Gasteiger partial charge >= 0.3 is 5.97 Å². The van der Waals surface area contributed by atoms with Crippen LogP contribution in [0.5, 0.6) is 0 Å². The third kappa shape index (κ3) is 11.3. The zero-order valence-corrected chi connectivity index (χ0v) is 14.1. The first-order valence-corrected chi connectivity index (χ1v) is 8.50. The van der Waals surface area contributed by atoms with Gasteiger partial charge in [-0.15, -0.1) is 0 Å². The van der Waals surface area contributed by atoms with Crippen LogP contribution in [0.15, 0.2) is 0 Å². The van der Waals surface area contributed by atoms with Crippen LogP contribution < -0.4 is 5.32 Å². The quantitative estimate of drug-likeness (QED) is 0.415. The lowest BCUT2D eigenvalue weighted by atomic mass is 9.93. The molecule has 0 aliphatic heterocycles. The molecule has 0 bridgehead atoms. The Kier molecular flexibility index (Phi) is 13.2. The van der Waals surface area contributed by atoms with Crippen molar-refractivity contribution in [1.29, 1.82) is 0 Å². The summed E-state index contributed by atoms with van der Waals surface area (Å²) >= 11 is 0. The summed E-state index contributed by atoms with van der Waals surface area (Å²) in [5, 5.41) is 2.70. The summed E-state index contributed by atoms with van der Waals surface area (Å²) < 4.78 is 4.55. The Hall–Kier alpha value is -1.06. The molecule has 0 spiro atoms. The highest BCUT2D eigenvalue weighted by Gasteiger charge is 2.18. The highest BCUT2D eigenvalue weighted by atomic mass is 16.5. The average molecular weight is 299 g/mol.